The number of para-hydroxylation sites is 1. The zero-order valence-electron chi connectivity index (χ0n) is 11.8. The van der Waals surface area contributed by atoms with Crippen LogP contribution in [0.3, 0.4) is 0 Å². The van der Waals surface area contributed by atoms with Gasteiger partial charge in [-0.3, -0.25) is 0 Å². The Bertz CT molecular complexity index is 487. The van der Waals surface area contributed by atoms with E-state index in [0.29, 0.717) is 0 Å². The fourth-order valence-corrected chi connectivity index (χ4v) is 2.41. The van der Waals surface area contributed by atoms with E-state index >= 15 is 0 Å². The van der Waals surface area contributed by atoms with Gasteiger partial charge >= 0.3 is 0 Å². The highest BCUT2D eigenvalue weighted by molar-refractivity contribution is 5.48. The van der Waals surface area contributed by atoms with Crippen LogP contribution in [0.5, 0.6) is 5.75 Å². The zero-order chi connectivity index (χ0) is 13.2. The van der Waals surface area contributed by atoms with Gasteiger partial charge in [-0.25, -0.2) is 0 Å². The van der Waals surface area contributed by atoms with Crippen LogP contribution in [0.4, 0.5) is 0 Å². The van der Waals surface area contributed by atoms with E-state index in [1.165, 1.54) is 16.7 Å². The molecule has 1 aliphatic rings. The molecule has 1 heteroatoms. The Balaban J connectivity index is 2.38. The molecule has 96 valence electrons. The molecule has 0 atom stereocenters. The summed E-state index contributed by atoms with van der Waals surface area (Å²) in [4.78, 5) is 0. The van der Waals surface area contributed by atoms with Crippen LogP contribution in [0.1, 0.15) is 38.3 Å². The summed E-state index contributed by atoms with van der Waals surface area (Å²) in [6, 6.07) is 6.47. The van der Waals surface area contributed by atoms with Gasteiger partial charge in [0.15, 0.2) is 0 Å². The Morgan fingerprint density at radius 3 is 2.56 bits per heavy atom. The summed E-state index contributed by atoms with van der Waals surface area (Å²) < 4.78 is 5.66. The second-order valence-electron chi connectivity index (χ2n) is 5.84. The van der Waals surface area contributed by atoms with Crippen LogP contribution in [-0.4, -0.2) is 7.11 Å². The predicted octanol–water partition coefficient (Wildman–Crippen LogP) is 4.42. The minimum absolute atomic E-state index is 0.112. The van der Waals surface area contributed by atoms with Crippen molar-refractivity contribution < 1.29 is 4.74 Å². The first kappa shape index (κ1) is 12.9. The highest BCUT2D eigenvalue weighted by Gasteiger charge is 2.20. The number of rotatable bonds is 3. The fraction of sp³-hybridized carbons (Fsp3) is 0.412. The van der Waals surface area contributed by atoms with Crippen LogP contribution in [-0.2, 0) is 11.8 Å². The summed E-state index contributed by atoms with van der Waals surface area (Å²) in [7, 11) is 1.77. The van der Waals surface area contributed by atoms with E-state index in [1.54, 1.807) is 7.11 Å². The van der Waals surface area contributed by atoms with E-state index in [-0.39, 0.29) is 5.41 Å². The van der Waals surface area contributed by atoms with E-state index < -0.39 is 0 Å². The minimum atomic E-state index is 0.112. The van der Waals surface area contributed by atoms with Gasteiger partial charge in [0.05, 0.1) is 7.11 Å². The first-order valence-corrected chi connectivity index (χ1v) is 6.54. The first-order chi connectivity index (χ1) is 8.52. The van der Waals surface area contributed by atoms with Crippen LogP contribution in [0.2, 0.25) is 0 Å². The molecule has 0 aromatic heterocycles. The topological polar surface area (TPSA) is 9.23 Å². The molecule has 1 nitrogen and oxygen atoms in total. The molecule has 0 heterocycles. The van der Waals surface area contributed by atoms with Gasteiger partial charge in [0.25, 0.3) is 0 Å². The number of methoxy groups -OCH3 is 1. The molecule has 0 radical (unpaired) electrons. The third-order valence-electron chi connectivity index (χ3n) is 3.35. The molecule has 0 saturated heterocycles. The third-order valence-corrected chi connectivity index (χ3v) is 3.35. The first-order valence-electron chi connectivity index (χ1n) is 6.54. The summed E-state index contributed by atoms with van der Waals surface area (Å²) in [6.45, 7) is 6.68. The molecule has 0 unspecified atom stereocenters. The van der Waals surface area contributed by atoms with Gasteiger partial charge in [0, 0.05) is 6.42 Å². The molecule has 1 aromatic carbocycles. The molecule has 1 aromatic rings. The van der Waals surface area contributed by atoms with Gasteiger partial charge in [-0.2, -0.15) is 0 Å². The molecule has 0 aliphatic heterocycles. The van der Waals surface area contributed by atoms with Crippen LogP contribution in [0.15, 0.2) is 42.0 Å². The molecule has 18 heavy (non-hydrogen) atoms. The zero-order valence-corrected chi connectivity index (χ0v) is 11.8. The molecule has 0 bridgehead atoms. The Hall–Kier alpha value is -1.50. The van der Waals surface area contributed by atoms with Gasteiger partial charge in [-0.05, 0) is 28.5 Å². The van der Waals surface area contributed by atoms with Gasteiger partial charge in [0.1, 0.15) is 5.75 Å². The van der Waals surface area contributed by atoms with Crippen molar-refractivity contribution >= 4 is 0 Å². The van der Waals surface area contributed by atoms with E-state index in [1.807, 2.05) is 0 Å². The summed E-state index contributed by atoms with van der Waals surface area (Å²) in [5.41, 5.74) is 4.06. The lowest BCUT2D eigenvalue weighted by atomic mass is 9.84. The number of hydrogen-bond donors (Lipinski definition) is 0. The van der Waals surface area contributed by atoms with Crippen LogP contribution in [0.25, 0.3) is 0 Å². The van der Waals surface area contributed by atoms with Gasteiger partial charge in [-0.15, -0.1) is 0 Å². The lowest BCUT2D eigenvalue weighted by molar-refractivity contribution is 0.393. The fourth-order valence-electron chi connectivity index (χ4n) is 2.41. The summed E-state index contributed by atoms with van der Waals surface area (Å²) in [5, 5.41) is 0. The van der Waals surface area contributed by atoms with Crippen LogP contribution < -0.4 is 4.74 Å². The Labute approximate surface area is 110 Å². The molecular weight excluding hydrogens is 220 g/mol. The molecule has 0 amide bonds. The van der Waals surface area contributed by atoms with Gasteiger partial charge in [0.2, 0.25) is 0 Å². The molecular formula is C17H22O. The SMILES string of the molecule is COc1c(CC2=CCC=C2)cccc1C(C)(C)C. The second kappa shape index (κ2) is 5.01. The number of hydrogen-bond acceptors (Lipinski definition) is 1. The second-order valence-corrected chi connectivity index (χ2v) is 5.84. The number of allylic oxidation sites excluding steroid dienone is 4. The minimum Gasteiger partial charge on any atom is -0.496 e. The van der Waals surface area contributed by atoms with E-state index in [9.17, 15) is 0 Å². The standard InChI is InChI=1S/C17H22O/c1-17(2,3)15-11-7-10-14(16(15)18-4)12-13-8-5-6-9-13/h5,7-11H,6,12H2,1-4H3. The maximum absolute atomic E-state index is 5.66. The van der Waals surface area contributed by atoms with Crippen LogP contribution in [0, 0.1) is 0 Å². The maximum atomic E-state index is 5.66. The van der Waals surface area contributed by atoms with E-state index in [2.05, 4.69) is 57.2 Å². The van der Waals surface area contributed by atoms with Crippen molar-refractivity contribution in [3.8, 4) is 5.75 Å². The van der Waals surface area contributed by atoms with Crippen molar-refractivity contribution in [2.75, 3.05) is 7.11 Å². The Kier molecular flexibility index (Phi) is 3.60. The van der Waals surface area contributed by atoms with Crippen molar-refractivity contribution in [2.45, 2.75) is 39.0 Å². The summed E-state index contributed by atoms with van der Waals surface area (Å²) >= 11 is 0. The summed E-state index contributed by atoms with van der Waals surface area (Å²) in [6.07, 6.45) is 8.72. The van der Waals surface area contributed by atoms with Crippen molar-refractivity contribution in [3.63, 3.8) is 0 Å². The van der Waals surface area contributed by atoms with Crippen molar-refractivity contribution in [1.29, 1.82) is 0 Å². The van der Waals surface area contributed by atoms with Gasteiger partial charge < -0.3 is 4.74 Å². The largest absolute Gasteiger partial charge is 0.496 e. The molecule has 0 spiro atoms. The highest BCUT2D eigenvalue weighted by atomic mass is 16.5. The molecule has 0 fully saturated rings. The molecule has 2 rings (SSSR count). The van der Waals surface area contributed by atoms with Crippen LogP contribution >= 0.6 is 0 Å². The van der Waals surface area contributed by atoms with Gasteiger partial charge in [-0.1, -0.05) is 57.2 Å². The van der Waals surface area contributed by atoms with Crippen molar-refractivity contribution in [1.82, 2.24) is 0 Å². The Morgan fingerprint density at radius 2 is 2.00 bits per heavy atom. The highest BCUT2D eigenvalue weighted by Crippen LogP contribution is 2.35. The molecule has 0 saturated carbocycles. The quantitative estimate of drug-likeness (QED) is 0.762. The molecule has 1 aliphatic carbocycles. The van der Waals surface area contributed by atoms with Crippen molar-refractivity contribution in [2.24, 2.45) is 0 Å². The third kappa shape index (κ3) is 2.66. The van der Waals surface area contributed by atoms with Crippen molar-refractivity contribution in [3.05, 3.63) is 53.1 Å². The smallest absolute Gasteiger partial charge is 0.126 e. The summed E-state index contributed by atoms with van der Waals surface area (Å²) in [5.74, 6) is 1.05. The van der Waals surface area contributed by atoms with E-state index in [0.717, 1.165) is 18.6 Å². The number of benzene rings is 1. The lowest BCUT2D eigenvalue weighted by Crippen LogP contribution is -2.14. The number of ether oxygens (including phenoxy) is 1. The average Bonchev–Trinajstić information content (AvgIpc) is 2.80. The normalized spacial score (nSPS) is 14.8. The average molecular weight is 242 g/mol. The Morgan fingerprint density at radius 1 is 1.22 bits per heavy atom. The predicted molar refractivity (Wildman–Crippen MR) is 77.2 cm³/mol. The molecule has 0 N–H and O–H groups in total. The van der Waals surface area contributed by atoms with E-state index in [4.69, 9.17) is 4.74 Å². The lowest BCUT2D eigenvalue weighted by Gasteiger charge is -2.24. The monoisotopic (exact) mass is 242 g/mol. The maximum Gasteiger partial charge on any atom is 0.126 e.